The predicted octanol–water partition coefficient (Wildman–Crippen LogP) is 0.926. The molecular formula is C8H7BBrNO2S. The minimum atomic E-state index is -1.47. The van der Waals surface area contributed by atoms with E-state index in [9.17, 15) is 0 Å². The third-order valence-corrected chi connectivity index (χ3v) is 3.38. The third-order valence-electron chi connectivity index (χ3n) is 1.98. The molecule has 0 aliphatic carbocycles. The highest BCUT2D eigenvalue weighted by Crippen LogP contribution is 2.28. The van der Waals surface area contributed by atoms with Gasteiger partial charge in [-0.2, -0.15) is 0 Å². The van der Waals surface area contributed by atoms with Crippen molar-refractivity contribution >= 4 is 55.6 Å². The molecule has 0 spiro atoms. The predicted molar refractivity (Wildman–Crippen MR) is 63.8 cm³/mol. The van der Waals surface area contributed by atoms with Crippen molar-refractivity contribution in [3.63, 3.8) is 0 Å². The standard InChI is InChI=1S/C8H7BBrNO2S/c10-4-1-6(11)8-5(9(12)13)3-14-7(8)2-4/h1-3,12-13H,11H2. The van der Waals surface area contributed by atoms with Crippen LogP contribution in [0.2, 0.25) is 0 Å². The van der Waals surface area contributed by atoms with E-state index in [0.717, 1.165) is 14.6 Å². The lowest BCUT2D eigenvalue weighted by molar-refractivity contribution is 0.426. The Morgan fingerprint density at radius 2 is 2.07 bits per heavy atom. The minimum absolute atomic E-state index is 0.468. The lowest BCUT2D eigenvalue weighted by atomic mass is 9.80. The molecule has 2 rings (SSSR count). The largest absolute Gasteiger partial charge is 0.489 e. The average Bonchev–Trinajstić information content (AvgIpc) is 2.47. The normalized spacial score (nSPS) is 10.8. The van der Waals surface area contributed by atoms with Gasteiger partial charge in [0.15, 0.2) is 0 Å². The molecule has 3 nitrogen and oxygen atoms in total. The van der Waals surface area contributed by atoms with E-state index >= 15 is 0 Å². The fraction of sp³-hybridized carbons (Fsp3) is 0. The Kier molecular flexibility index (Phi) is 2.53. The zero-order chi connectivity index (χ0) is 10.3. The topological polar surface area (TPSA) is 66.5 Å². The van der Waals surface area contributed by atoms with Gasteiger partial charge in [0.25, 0.3) is 0 Å². The average molecular weight is 272 g/mol. The maximum absolute atomic E-state index is 9.10. The number of anilines is 1. The number of benzene rings is 1. The van der Waals surface area contributed by atoms with E-state index < -0.39 is 7.12 Å². The van der Waals surface area contributed by atoms with Crippen LogP contribution in [0.4, 0.5) is 5.69 Å². The number of thiophene rings is 1. The summed E-state index contributed by atoms with van der Waals surface area (Å²) in [6.45, 7) is 0. The Labute approximate surface area is 93.4 Å². The van der Waals surface area contributed by atoms with Gasteiger partial charge in [0.2, 0.25) is 0 Å². The molecule has 0 bridgehead atoms. The first-order chi connectivity index (χ1) is 6.59. The summed E-state index contributed by atoms with van der Waals surface area (Å²) in [5, 5.41) is 20.6. The molecule has 0 fully saturated rings. The van der Waals surface area contributed by atoms with Gasteiger partial charge in [0.1, 0.15) is 0 Å². The smallest absolute Gasteiger partial charge is 0.423 e. The van der Waals surface area contributed by atoms with E-state index in [1.54, 1.807) is 11.4 Å². The van der Waals surface area contributed by atoms with E-state index in [1.807, 2.05) is 6.07 Å². The molecule has 0 atom stereocenters. The van der Waals surface area contributed by atoms with Gasteiger partial charge in [-0.05, 0) is 17.5 Å². The Morgan fingerprint density at radius 1 is 1.36 bits per heavy atom. The summed E-state index contributed by atoms with van der Waals surface area (Å²) in [6.07, 6.45) is 0. The zero-order valence-corrected chi connectivity index (χ0v) is 9.47. The first-order valence-corrected chi connectivity index (χ1v) is 5.59. The van der Waals surface area contributed by atoms with Crippen LogP contribution in [0, 0.1) is 0 Å². The number of halogens is 1. The lowest BCUT2D eigenvalue weighted by Gasteiger charge is -2.01. The number of nitrogens with two attached hydrogens (primary N) is 1. The molecule has 0 aliphatic rings. The molecule has 1 heterocycles. The van der Waals surface area contributed by atoms with Crippen LogP contribution in [0.25, 0.3) is 10.1 Å². The Bertz CT molecular complexity index is 485. The summed E-state index contributed by atoms with van der Waals surface area (Å²) >= 11 is 4.77. The second-order valence-electron chi connectivity index (χ2n) is 2.93. The molecule has 0 aliphatic heterocycles. The van der Waals surface area contributed by atoms with Gasteiger partial charge < -0.3 is 15.8 Å². The number of fused-ring (bicyclic) bond motifs is 1. The van der Waals surface area contributed by atoms with Crippen LogP contribution in [0.3, 0.4) is 0 Å². The van der Waals surface area contributed by atoms with Gasteiger partial charge in [-0.3, -0.25) is 0 Å². The fourth-order valence-electron chi connectivity index (χ4n) is 1.38. The monoisotopic (exact) mass is 271 g/mol. The van der Waals surface area contributed by atoms with E-state index in [4.69, 9.17) is 15.8 Å². The molecule has 0 amide bonds. The molecule has 0 radical (unpaired) electrons. The van der Waals surface area contributed by atoms with Crippen molar-refractivity contribution in [2.75, 3.05) is 5.73 Å². The van der Waals surface area contributed by atoms with Gasteiger partial charge in [0, 0.05) is 25.7 Å². The van der Waals surface area contributed by atoms with E-state index in [2.05, 4.69) is 15.9 Å². The summed E-state index contributed by atoms with van der Waals surface area (Å²) in [7, 11) is -1.47. The molecule has 72 valence electrons. The highest BCUT2D eigenvalue weighted by atomic mass is 79.9. The first kappa shape index (κ1) is 9.98. The fourth-order valence-corrected chi connectivity index (χ4v) is 3.05. The Balaban J connectivity index is 2.79. The summed E-state index contributed by atoms with van der Waals surface area (Å²) in [6, 6.07) is 3.66. The zero-order valence-electron chi connectivity index (χ0n) is 7.07. The second-order valence-corrected chi connectivity index (χ2v) is 4.76. The number of nitrogen functional groups attached to an aromatic ring is 1. The van der Waals surface area contributed by atoms with Crippen molar-refractivity contribution in [2.45, 2.75) is 0 Å². The Hall–Kier alpha value is -0.555. The number of hydrogen-bond acceptors (Lipinski definition) is 4. The maximum Gasteiger partial charge on any atom is 0.489 e. The van der Waals surface area contributed by atoms with Gasteiger partial charge in [-0.1, -0.05) is 15.9 Å². The van der Waals surface area contributed by atoms with Gasteiger partial charge in [0.05, 0.1) is 0 Å². The molecule has 1 aromatic carbocycles. The molecule has 2 aromatic rings. The SMILES string of the molecule is Nc1cc(Br)cc2scc(B(O)O)c12. The quantitative estimate of drug-likeness (QED) is 0.534. The van der Waals surface area contributed by atoms with Crippen LogP contribution >= 0.6 is 27.3 Å². The lowest BCUT2D eigenvalue weighted by Crippen LogP contribution is -2.29. The summed E-state index contributed by atoms with van der Waals surface area (Å²) < 4.78 is 1.84. The summed E-state index contributed by atoms with van der Waals surface area (Å²) in [5.74, 6) is 0. The third kappa shape index (κ3) is 1.54. The van der Waals surface area contributed by atoms with Crippen molar-refractivity contribution < 1.29 is 10.0 Å². The first-order valence-electron chi connectivity index (χ1n) is 3.92. The molecule has 1 aromatic heterocycles. The molecule has 0 saturated heterocycles. The molecule has 14 heavy (non-hydrogen) atoms. The molecule has 0 unspecified atom stereocenters. The Morgan fingerprint density at radius 3 is 2.71 bits per heavy atom. The molecule has 4 N–H and O–H groups in total. The number of rotatable bonds is 1. The van der Waals surface area contributed by atoms with Crippen LogP contribution in [0.1, 0.15) is 0 Å². The van der Waals surface area contributed by atoms with Crippen LogP contribution in [0.15, 0.2) is 22.0 Å². The van der Waals surface area contributed by atoms with Crippen molar-refractivity contribution in [1.29, 1.82) is 0 Å². The van der Waals surface area contributed by atoms with Crippen LogP contribution in [-0.2, 0) is 0 Å². The molecular weight excluding hydrogens is 265 g/mol. The van der Waals surface area contributed by atoms with Crippen LogP contribution < -0.4 is 11.2 Å². The maximum atomic E-state index is 9.10. The molecule has 6 heteroatoms. The van der Waals surface area contributed by atoms with Gasteiger partial charge in [-0.25, -0.2) is 0 Å². The van der Waals surface area contributed by atoms with E-state index in [-0.39, 0.29) is 0 Å². The molecule has 0 saturated carbocycles. The summed E-state index contributed by atoms with van der Waals surface area (Å²) in [5.41, 5.74) is 6.82. The van der Waals surface area contributed by atoms with Gasteiger partial charge >= 0.3 is 7.12 Å². The van der Waals surface area contributed by atoms with Crippen LogP contribution in [-0.4, -0.2) is 17.2 Å². The summed E-state index contributed by atoms with van der Waals surface area (Å²) in [4.78, 5) is 0. The van der Waals surface area contributed by atoms with Crippen molar-refractivity contribution in [3.05, 3.63) is 22.0 Å². The van der Waals surface area contributed by atoms with E-state index in [1.165, 1.54) is 11.3 Å². The second kappa shape index (κ2) is 3.54. The number of hydrogen-bond donors (Lipinski definition) is 3. The van der Waals surface area contributed by atoms with E-state index in [0.29, 0.717) is 11.2 Å². The highest BCUT2D eigenvalue weighted by molar-refractivity contribution is 9.10. The van der Waals surface area contributed by atoms with Crippen molar-refractivity contribution in [2.24, 2.45) is 0 Å². The minimum Gasteiger partial charge on any atom is -0.423 e. The highest BCUT2D eigenvalue weighted by Gasteiger charge is 2.18. The van der Waals surface area contributed by atoms with Gasteiger partial charge in [-0.15, -0.1) is 11.3 Å². The van der Waals surface area contributed by atoms with Crippen molar-refractivity contribution in [1.82, 2.24) is 0 Å². The van der Waals surface area contributed by atoms with Crippen molar-refractivity contribution in [3.8, 4) is 0 Å². The van der Waals surface area contributed by atoms with Crippen LogP contribution in [0.5, 0.6) is 0 Å².